The highest BCUT2D eigenvalue weighted by molar-refractivity contribution is 6.30. The molecule has 3 aromatic rings. The number of rotatable bonds is 5. The second-order valence-corrected chi connectivity index (χ2v) is 7.20. The molecular formula is C21H19Cl2N3O2. The molecule has 1 heterocycles. The van der Waals surface area contributed by atoms with Crippen molar-refractivity contribution >= 4 is 34.9 Å². The van der Waals surface area contributed by atoms with E-state index in [-0.39, 0.29) is 11.3 Å². The van der Waals surface area contributed by atoms with Gasteiger partial charge in [0, 0.05) is 16.5 Å². The molecule has 0 radical (unpaired) electrons. The quantitative estimate of drug-likeness (QED) is 0.618. The molecule has 0 atom stereocenters. The molecule has 1 aromatic heterocycles. The van der Waals surface area contributed by atoms with Crippen molar-refractivity contribution in [2.75, 3.05) is 5.32 Å². The molecule has 0 saturated heterocycles. The standard InChI is InChI=1S/C21H19Cl2N3O2/c1-3-4-18(27)24-21-19(14-5-7-15(22)8-6-14)20(28)13(2)25-26(21)17-11-9-16(23)10-12-17/h5-12H,3-4H2,1-2H3,(H,24,27). The third kappa shape index (κ3) is 4.26. The first-order valence-electron chi connectivity index (χ1n) is 8.86. The van der Waals surface area contributed by atoms with Crippen LogP contribution in [-0.2, 0) is 4.79 Å². The predicted molar refractivity (Wildman–Crippen MR) is 114 cm³/mol. The zero-order valence-electron chi connectivity index (χ0n) is 15.5. The monoisotopic (exact) mass is 415 g/mol. The molecule has 0 bridgehead atoms. The van der Waals surface area contributed by atoms with Crippen LogP contribution in [0.1, 0.15) is 25.5 Å². The lowest BCUT2D eigenvalue weighted by atomic mass is 10.1. The third-order valence-electron chi connectivity index (χ3n) is 4.19. The summed E-state index contributed by atoms with van der Waals surface area (Å²) in [6, 6.07) is 13.9. The molecule has 0 spiro atoms. The fourth-order valence-electron chi connectivity index (χ4n) is 2.83. The Balaban J connectivity index is 2.29. The average Bonchev–Trinajstić information content (AvgIpc) is 2.67. The Morgan fingerprint density at radius 3 is 2.18 bits per heavy atom. The molecule has 2 aromatic carbocycles. The summed E-state index contributed by atoms with van der Waals surface area (Å²) >= 11 is 12.0. The van der Waals surface area contributed by atoms with Crippen molar-refractivity contribution in [1.82, 2.24) is 9.78 Å². The van der Waals surface area contributed by atoms with E-state index in [4.69, 9.17) is 23.2 Å². The number of carbonyl (C=O) groups excluding carboxylic acids is 1. The van der Waals surface area contributed by atoms with Gasteiger partial charge in [0.25, 0.3) is 0 Å². The normalized spacial score (nSPS) is 10.7. The van der Waals surface area contributed by atoms with E-state index in [1.54, 1.807) is 60.1 Å². The van der Waals surface area contributed by atoms with E-state index in [0.29, 0.717) is 51.2 Å². The van der Waals surface area contributed by atoms with E-state index in [2.05, 4.69) is 10.4 Å². The minimum absolute atomic E-state index is 0.189. The van der Waals surface area contributed by atoms with Crippen LogP contribution in [0.25, 0.3) is 16.8 Å². The van der Waals surface area contributed by atoms with E-state index in [1.165, 1.54) is 0 Å². The van der Waals surface area contributed by atoms with Crippen molar-refractivity contribution in [2.24, 2.45) is 0 Å². The molecule has 0 fully saturated rings. The predicted octanol–water partition coefficient (Wildman–Crippen LogP) is 5.25. The van der Waals surface area contributed by atoms with Crippen LogP contribution in [0.4, 0.5) is 5.82 Å². The second kappa shape index (κ2) is 8.59. The number of hydrogen-bond donors (Lipinski definition) is 1. The number of nitrogens with zero attached hydrogens (tertiary/aromatic N) is 2. The number of carbonyl (C=O) groups is 1. The van der Waals surface area contributed by atoms with Crippen LogP contribution in [0.15, 0.2) is 53.3 Å². The van der Waals surface area contributed by atoms with Crippen molar-refractivity contribution in [3.05, 3.63) is 74.5 Å². The van der Waals surface area contributed by atoms with Crippen LogP contribution in [0.5, 0.6) is 0 Å². The highest BCUT2D eigenvalue weighted by Gasteiger charge is 2.20. The smallest absolute Gasteiger partial charge is 0.225 e. The molecule has 0 aliphatic heterocycles. The SMILES string of the molecule is CCCC(=O)Nc1c(-c2ccc(Cl)cc2)c(=O)c(C)nn1-c1ccc(Cl)cc1. The first-order valence-corrected chi connectivity index (χ1v) is 9.62. The Kier molecular flexibility index (Phi) is 6.17. The van der Waals surface area contributed by atoms with Crippen LogP contribution < -0.4 is 10.7 Å². The maximum Gasteiger partial charge on any atom is 0.225 e. The van der Waals surface area contributed by atoms with Gasteiger partial charge in [-0.3, -0.25) is 9.59 Å². The van der Waals surface area contributed by atoms with Crippen LogP contribution in [0, 0.1) is 6.92 Å². The summed E-state index contributed by atoms with van der Waals surface area (Å²) in [4.78, 5) is 25.4. The highest BCUT2D eigenvalue weighted by Crippen LogP contribution is 2.28. The van der Waals surface area contributed by atoms with Gasteiger partial charge in [-0.2, -0.15) is 5.10 Å². The number of halogens is 2. The molecule has 5 nitrogen and oxygen atoms in total. The lowest BCUT2D eigenvalue weighted by Crippen LogP contribution is -2.24. The van der Waals surface area contributed by atoms with Gasteiger partial charge in [0.15, 0.2) is 0 Å². The lowest BCUT2D eigenvalue weighted by Gasteiger charge is -2.18. The summed E-state index contributed by atoms with van der Waals surface area (Å²) in [7, 11) is 0. The molecule has 0 unspecified atom stereocenters. The molecule has 0 aliphatic rings. The van der Waals surface area contributed by atoms with E-state index in [0.717, 1.165) is 0 Å². The summed E-state index contributed by atoms with van der Waals surface area (Å²) in [6.45, 7) is 3.56. The Bertz CT molecular complexity index is 1060. The van der Waals surface area contributed by atoms with Gasteiger partial charge in [-0.05, 0) is 55.3 Å². The summed E-state index contributed by atoms with van der Waals surface area (Å²) < 4.78 is 1.56. The number of aromatic nitrogens is 2. The third-order valence-corrected chi connectivity index (χ3v) is 4.70. The summed E-state index contributed by atoms with van der Waals surface area (Å²) in [6.07, 6.45) is 1.02. The van der Waals surface area contributed by atoms with Gasteiger partial charge in [0.2, 0.25) is 11.3 Å². The van der Waals surface area contributed by atoms with Gasteiger partial charge in [0.05, 0.1) is 11.3 Å². The molecule has 1 N–H and O–H groups in total. The van der Waals surface area contributed by atoms with E-state index in [1.807, 2.05) is 6.92 Å². The van der Waals surface area contributed by atoms with Gasteiger partial charge < -0.3 is 5.32 Å². The molecule has 0 saturated carbocycles. The minimum Gasteiger partial charge on any atom is -0.310 e. The molecule has 7 heteroatoms. The zero-order chi connectivity index (χ0) is 20.3. The first-order chi connectivity index (χ1) is 13.4. The number of aryl methyl sites for hydroxylation is 1. The zero-order valence-corrected chi connectivity index (χ0v) is 17.0. The summed E-state index contributed by atoms with van der Waals surface area (Å²) in [5.74, 6) is 0.129. The molecule has 144 valence electrons. The van der Waals surface area contributed by atoms with Crippen LogP contribution in [-0.4, -0.2) is 15.7 Å². The Morgan fingerprint density at radius 1 is 1.04 bits per heavy atom. The number of anilines is 1. The van der Waals surface area contributed by atoms with Gasteiger partial charge >= 0.3 is 0 Å². The maximum atomic E-state index is 13.0. The van der Waals surface area contributed by atoms with Crippen molar-refractivity contribution in [2.45, 2.75) is 26.7 Å². The van der Waals surface area contributed by atoms with Gasteiger partial charge in [-0.1, -0.05) is 42.3 Å². The summed E-state index contributed by atoms with van der Waals surface area (Å²) in [5.41, 5.74) is 1.75. The minimum atomic E-state index is -0.251. The highest BCUT2D eigenvalue weighted by atomic mass is 35.5. The van der Waals surface area contributed by atoms with Gasteiger partial charge in [0.1, 0.15) is 11.5 Å². The van der Waals surface area contributed by atoms with Gasteiger partial charge in [-0.25, -0.2) is 4.68 Å². The molecule has 3 rings (SSSR count). The van der Waals surface area contributed by atoms with Crippen molar-refractivity contribution < 1.29 is 4.79 Å². The summed E-state index contributed by atoms with van der Waals surface area (Å²) in [5, 5.41) is 8.42. The van der Waals surface area contributed by atoms with Crippen LogP contribution >= 0.6 is 23.2 Å². The number of nitrogens with one attached hydrogen (secondary N) is 1. The Morgan fingerprint density at radius 2 is 1.61 bits per heavy atom. The van der Waals surface area contributed by atoms with E-state index < -0.39 is 0 Å². The average molecular weight is 416 g/mol. The molecular weight excluding hydrogens is 397 g/mol. The topological polar surface area (TPSA) is 64.0 Å². The van der Waals surface area contributed by atoms with E-state index in [9.17, 15) is 9.59 Å². The molecule has 1 amide bonds. The Labute approximate surface area is 172 Å². The molecule has 28 heavy (non-hydrogen) atoms. The van der Waals surface area contributed by atoms with Crippen molar-refractivity contribution in [1.29, 1.82) is 0 Å². The van der Waals surface area contributed by atoms with Crippen LogP contribution in [0.2, 0.25) is 10.0 Å². The van der Waals surface area contributed by atoms with Gasteiger partial charge in [-0.15, -0.1) is 0 Å². The van der Waals surface area contributed by atoms with Crippen molar-refractivity contribution in [3.8, 4) is 16.8 Å². The molecule has 0 aliphatic carbocycles. The number of amides is 1. The van der Waals surface area contributed by atoms with Crippen LogP contribution in [0.3, 0.4) is 0 Å². The Hall–Kier alpha value is -2.63. The first kappa shape index (κ1) is 20.1. The second-order valence-electron chi connectivity index (χ2n) is 6.33. The van der Waals surface area contributed by atoms with E-state index >= 15 is 0 Å². The number of benzene rings is 2. The fraction of sp³-hybridized carbons (Fsp3) is 0.190. The number of hydrogen-bond acceptors (Lipinski definition) is 3. The van der Waals surface area contributed by atoms with Crippen molar-refractivity contribution in [3.63, 3.8) is 0 Å². The fourth-order valence-corrected chi connectivity index (χ4v) is 3.08. The maximum absolute atomic E-state index is 13.0. The lowest BCUT2D eigenvalue weighted by molar-refractivity contribution is -0.116. The largest absolute Gasteiger partial charge is 0.310 e.